The normalized spacial score (nSPS) is 28.4. The van der Waals surface area contributed by atoms with Crippen molar-refractivity contribution in [3.05, 3.63) is 17.1 Å². The number of primary sulfonamides is 1. The molecular formula is C15H23N3O4S. The van der Waals surface area contributed by atoms with E-state index in [4.69, 9.17) is 9.56 Å². The Hall–Kier alpha value is -1.38. The van der Waals surface area contributed by atoms with Crippen molar-refractivity contribution in [1.29, 1.82) is 0 Å². The Balaban J connectivity index is 1.95. The van der Waals surface area contributed by atoms with Crippen molar-refractivity contribution in [1.82, 2.24) is 9.80 Å². The van der Waals surface area contributed by atoms with Crippen molar-refractivity contribution in [2.24, 2.45) is 16.5 Å². The van der Waals surface area contributed by atoms with Crippen LogP contribution >= 0.6 is 0 Å². The van der Waals surface area contributed by atoms with E-state index in [1.165, 1.54) is 6.92 Å². The maximum atomic E-state index is 12.9. The molecule has 1 amide bonds. The molecule has 2 aliphatic rings. The third-order valence-electron chi connectivity index (χ3n) is 5.13. The molecule has 3 heterocycles. The molecule has 0 bridgehead atoms. The van der Waals surface area contributed by atoms with Gasteiger partial charge in [0, 0.05) is 31.6 Å². The number of likely N-dealkylation sites (tertiary alicyclic amines) is 2. The number of rotatable bonds is 2. The van der Waals surface area contributed by atoms with Gasteiger partial charge in [0.05, 0.1) is 0 Å². The number of nitrogens with zero attached hydrogens (tertiary/aromatic N) is 2. The van der Waals surface area contributed by atoms with Crippen LogP contribution in [0.3, 0.4) is 0 Å². The Morgan fingerprint density at radius 2 is 1.91 bits per heavy atom. The van der Waals surface area contributed by atoms with Crippen molar-refractivity contribution in [2.75, 3.05) is 33.2 Å². The van der Waals surface area contributed by atoms with Gasteiger partial charge in [0.2, 0.25) is 10.0 Å². The van der Waals surface area contributed by atoms with Crippen molar-refractivity contribution in [2.45, 2.75) is 25.7 Å². The van der Waals surface area contributed by atoms with Crippen molar-refractivity contribution >= 4 is 15.9 Å². The van der Waals surface area contributed by atoms with Gasteiger partial charge in [0.15, 0.2) is 0 Å². The minimum Gasteiger partial charge on any atom is -0.464 e. The van der Waals surface area contributed by atoms with Gasteiger partial charge in [-0.15, -0.1) is 0 Å². The van der Waals surface area contributed by atoms with Crippen LogP contribution in [-0.4, -0.2) is 57.4 Å². The van der Waals surface area contributed by atoms with E-state index in [0.717, 1.165) is 13.1 Å². The Bertz CT molecular complexity index is 770. The molecule has 2 saturated heterocycles. The standard InChI is InChI=1S/C15H23N3O4S/c1-9-12(13(10(2)22-9)23(16,20)21)14(19)18-6-11-5-17(4)7-15(11,3)8-18/h11H,5-8H2,1-4H3,(H2,16,20,21)/t11-,15+/m1/s1. The van der Waals surface area contributed by atoms with E-state index in [1.807, 2.05) is 0 Å². The van der Waals surface area contributed by atoms with Gasteiger partial charge >= 0.3 is 0 Å². The predicted octanol–water partition coefficient (Wildman–Crippen LogP) is 0.568. The zero-order valence-corrected chi connectivity index (χ0v) is 14.7. The summed E-state index contributed by atoms with van der Waals surface area (Å²) in [5, 5.41) is 5.28. The van der Waals surface area contributed by atoms with Gasteiger partial charge in [0.1, 0.15) is 22.0 Å². The molecule has 0 aromatic carbocycles. The highest BCUT2D eigenvalue weighted by Gasteiger charge is 2.50. The Morgan fingerprint density at radius 3 is 2.48 bits per heavy atom. The minimum absolute atomic E-state index is 0.0544. The number of carbonyl (C=O) groups is 1. The first-order chi connectivity index (χ1) is 10.5. The number of fused-ring (bicyclic) bond motifs is 1. The summed E-state index contributed by atoms with van der Waals surface area (Å²) < 4.78 is 29.1. The van der Waals surface area contributed by atoms with E-state index in [9.17, 15) is 13.2 Å². The average Bonchev–Trinajstić information content (AvgIpc) is 2.93. The molecule has 2 fully saturated rings. The maximum absolute atomic E-state index is 12.9. The van der Waals surface area contributed by atoms with E-state index in [2.05, 4.69) is 18.9 Å². The first-order valence-corrected chi connectivity index (χ1v) is 9.18. The summed E-state index contributed by atoms with van der Waals surface area (Å²) in [7, 11) is -1.93. The van der Waals surface area contributed by atoms with Gasteiger partial charge in [-0.3, -0.25) is 4.79 Å². The molecule has 2 N–H and O–H groups in total. The summed E-state index contributed by atoms with van der Waals surface area (Å²) in [6, 6.07) is 0. The summed E-state index contributed by atoms with van der Waals surface area (Å²) in [6.07, 6.45) is 0. The molecule has 23 heavy (non-hydrogen) atoms. The van der Waals surface area contributed by atoms with Crippen molar-refractivity contribution in [3.8, 4) is 0 Å². The van der Waals surface area contributed by atoms with Gasteiger partial charge < -0.3 is 14.2 Å². The molecule has 0 unspecified atom stereocenters. The van der Waals surface area contributed by atoms with Crippen LogP contribution in [-0.2, 0) is 10.0 Å². The van der Waals surface area contributed by atoms with E-state index < -0.39 is 10.0 Å². The number of sulfonamides is 1. The second-order valence-corrected chi connectivity index (χ2v) is 8.70. The summed E-state index contributed by atoms with van der Waals surface area (Å²) >= 11 is 0. The first kappa shape index (κ1) is 16.5. The molecule has 2 atom stereocenters. The monoisotopic (exact) mass is 341 g/mol. The van der Waals surface area contributed by atoms with Gasteiger partial charge in [-0.1, -0.05) is 6.92 Å². The largest absolute Gasteiger partial charge is 0.464 e. The number of amides is 1. The molecule has 0 spiro atoms. The molecule has 1 aromatic rings. The quantitative estimate of drug-likeness (QED) is 0.848. The lowest BCUT2D eigenvalue weighted by atomic mass is 9.83. The maximum Gasteiger partial charge on any atom is 0.258 e. The van der Waals surface area contributed by atoms with Crippen LogP contribution in [0.4, 0.5) is 0 Å². The molecule has 7 nitrogen and oxygen atoms in total. The summed E-state index contributed by atoms with van der Waals surface area (Å²) in [4.78, 5) is 16.8. The molecule has 2 aliphatic heterocycles. The van der Waals surface area contributed by atoms with Gasteiger partial charge in [0.25, 0.3) is 5.91 Å². The highest BCUT2D eigenvalue weighted by atomic mass is 32.2. The van der Waals surface area contributed by atoms with E-state index >= 15 is 0 Å². The average molecular weight is 341 g/mol. The Labute approximate surface area is 136 Å². The first-order valence-electron chi connectivity index (χ1n) is 7.63. The number of hydrogen-bond donors (Lipinski definition) is 1. The third kappa shape index (κ3) is 2.58. The Morgan fingerprint density at radius 1 is 1.26 bits per heavy atom. The van der Waals surface area contributed by atoms with Crippen LogP contribution in [0.15, 0.2) is 9.31 Å². The highest BCUT2D eigenvalue weighted by molar-refractivity contribution is 7.89. The minimum atomic E-state index is -4.01. The molecule has 1 aromatic heterocycles. The molecular weight excluding hydrogens is 318 g/mol. The van der Waals surface area contributed by atoms with E-state index in [1.54, 1.807) is 11.8 Å². The van der Waals surface area contributed by atoms with Crippen LogP contribution in [0.2, 0.25) is 0 Å². The van der Waals surface area contributed by atoms with Crippen LogP contribution in [0, 0.1) is 25.2 Å². The molecule has 128 valence electrons. The predicted molar refractivity (Wildman–Crippen MR) is 84.6 cm³/mol. The summed E-state index contributed by atoms with van der Waals surface area (Å²) in [5.74, 6) is 0.568. The Kier molecular flexibility index (Phi) is 3.62. The highest BCUT2D eigenvalue weighted by Crippen LogP contribution is 2.42. The fourth-order valence-corrected chi connectivity index (χ4v) is 5.15. The van der Waals surface area contributed by atoms with Crippen molar-refractivity contribution in [3.63, 3.8) is 0 Å². The smallest absolute Gasteiger partial charge is 0.258 e. The van der Waals surface area contributed by atoms with Crippen LogP contribution in [0.25, 0.3) is 0 Å². The summed E-state index contributed by atoms with van der Waals surface area (Å²) in [5.41, 5.74) is 0.140. The van der Waals surface area contributed by atoms with Gasteiger partial charge in [-0.25, -0.2) is 13.6 Å². The fraction of sp³-hybridized carbons (Fsp3) is 0.667. The lowest BCUT2D eigenvalue weighted by molar-refractivity contribution is 0.0760. The number of furan rings is 1. The van der Waals surface area contributed by atoms with E-state index in [-0.39, 0.29) is 27.5 Å². The number of aryl methyl sites for hydroxylation is 2. The van der Waals surface area contributed by atoms with Crippen LogP contribution in [0.5, 0.6) is 0 Å². The lowest BCUT2D eigenvalue weighted by Crippen LogP contribution is -2.35. The zero-order valence-electron chi connectivity index (χ0n) is 13.9. The topological polar surface area (TPSA) is 96.8 Å². The summed E-state index contributed by atoms with van der Waals surface area (Å²) in [6.45, 7) is 8.43. The molecule has 0 saturated carbocycles. The van der Waals surface area contributed by atoms with Crippen LogP contribution < -0.4 is 5.14 Å². The SMILES string of the molecule is Cc1oc(C)c(S(N)(=O)=O)c1C(=O)N1C[C@H]2CN(C)C[C@@]2(C)C1. The second-order valence-electron chi connectivity index (χ2n) is 7.20. The number of hydrogen-bond acceptors (Lipinski definition) is 5. The second kappa shape index (κ2) is 5.06. The molecule has 3 rings (SSSR count). The molecule has 8 heteroatoms. The fourth-order valence-electron chi connectivity index (χ4n) is 4.20. The van der Waals surface area contributed by atoms with Gasteiger partial charge in [-0.2, -0.15) is 0 Å². The number of nitrogens with two attached hydrogens (primary N) is 1. The zero-order chi connectivity index (χ0) is 17.2. The van der Waals surface area contributed by atoms with Crippen molar-refractivity contribution < 1.29 is 17.6 Å². The van der Waals surface area contributed by atoms with E-state index in [0.29, 0.717) is 24.8 Å². The number of carbonyl (C=O) groups excluding carboxylic acids is 1. The lowest BCUT2D eigenvalue weighted by Gasteiger charge is -2.24. The molecule has 0 aliphatic carbocycles. The van der Waals surface area contributed by atoms with Gasteiger partial charge in [-0.05, 0) is 26.8 Å². The molecule has 0 radical (unpaired) electrons. The van der Waals surface area contributed by atoms with Crippen LogP contribution in [0.1, 0.15) is 28.8 Å². The third-order valence-corrected chi connectivity index (χ3v) is 6.19.